The van der Waals surface area contributed by atoms with Crippen LogP contribution in [-0.4, -0.2) is 63.4 Å². The third kappa shape index (κ3) is 5.81. The molecular weight excluding hydrogens is 494 g/mol. The lowest BCUT2D eigenvalue weighted by atomic mass is 9.98. The van der Waals surface area contributed by atoms with Crippen molar-refractivity contribution in [1.29, 1.82) is 0 Å². The van der Waals surface area contributed by atoms with Crippen LogP contribution in [0.2, 0.25) is 0 Å². The van der Waals surface area contributed by atoms with Crippen molar-refractivity contribution in [1.82, 2.24) is 19.8 Å². The first-order valence-corrected chi connectivity index (χ1v) is 10.7. The molecule has 2 N–H and O–H groups in total. The molecule has 0 unspecified atom stereocenters. The van der Waals surface area contributed by atoms with Crippen LogP contribution in [0.25, 0.3) is 0 Å². The first-order chi connectivity index (χ1) is 16.0. The van der Waals surface area contributed by atoms with Gasteiger partial charge in [-0.25, -0.2) is 9.97 Å². The summed E-state index contributed by atoms with van der Waals surface area (Å²) in [6.07, 6.45) is -11.3. The summed E-state index contributed by atoms with van der Waals surface area (Å²) in [6.45, 7) is 1.51. The Morgan fingerprint density at radius 2 is 1.77 bits per heavy atom. The first-order valence-electron chi connectivity index (χ1n) is 10.7. The summed E-state index contributed by atoms with van der Waals surface area (Å²) < 4.78 is 106. The Hall–Kier alpha value is -2.58. The molecule has 1 aromatic heterocycles. The Labute approximate surface area is 194 Å². The summed E-state index contributed by atoms with van der Waals surface area (Å²) in [5.74, 6) is -8.58. The molecule has 1 saturated heterocycles. The highest BCUT2D eigenvalue weighted by molar-refractivity contribution is 5.78. The van der Waals surface area contributed by atoms with Gasteiger partial charge in [-0.3, -0.25) is 9.59 Å². The van der Waals surface area contributed by atoms with E-state index in [1.807, 2.05) is 6.92 Å². The molecular formula is C20H23F8N5O2. The van der Waals surface area contributed by atoms with E-state index >= 15 is 0 Å². The Kier molecular flexibility index (Phi) is 7.31. The fourth-order valence-electron chi connectivity index (χ4n) is 4.12. The molecule has 3 rings (SSSR count). The highest BCUT2D eigenvalue weighted by atomic mass is 19.4. The molecule has 196 valence electrons. The molecule has 2 aliphatic rings. The van der Waals surface area contributed by atoms with E-state index in [1.54, 1.807) is 0 Å². The number of piperidine rings is 1. The number of halogens is 8. The Morgan fingerprint density at radius 1 is 1.11 bits per heavy atom. The van der Waals surface area contributed by atoms with E-state index in [-0.39, 0.29) is 31.3 Å². The van der Waals surface area contributed by atoms with Crippen LogP contribution in [0, 0.1) is 5.92 Å². The van der Waals surface area contributed by atoms with E-state index in [4.69, 9.17) is 5.73 Å². The van der Waals surface area contributed by atoms with E-state index in [9.17, 15) is 44.7 Å². The third-order valence-corrected chi connectivity index (χ3v) is 5.95. The van der Waals surface area contributed by atoms with Gasteiger partial charge in [0.2, 0.25) is 17.6 Å². The van der Waals surface area contributed by atoms with Crippen LogP contribution < -0.4 is 5.73 Å². The summed E-state index contributed by atoms with van der Waals surface area (Å²) in [5.41, 5.74) is 2.72. The van der Waals surface area contributed by atoms with Gasteiger partial charge in [0.1, 0.15) is 0 Å². The lowest BCUT2D eigenvalue weighted by molar-refractivity contribution is -0.293. The van der Waals surface area contributed by atoms with Crippen molar-refractivity contribution in [3.63, 3.8) is 0 Å². The molecule has 0 spiro atoms. The smallest absolute Gasteiger partial charge is 0.341 e. The van der Waals surface area contributed by atoms with Gasteiger partial charge in [-0.2, -0.15) is 35.1 Å². The normalized spacial score (nSPS) is 20.6. The Morgan fingerprint density at radius 3 is 2.37 bits per heavy atom. The second-order valence-corrected chi connectivity index (χ2v) is 8.86. The number of amides is 2. The minimum Gasteiger partial charge on any atom is -0.341 e. The van der Waals surface area contributed by atoms with E-state index in [0.29, 0.717) is 13.0 Å². The van der Waals surface area contributed by atoms with Gasteiger partial charge in [0.25, 0.3) is 0 Å². The van der Waals surface area contributed by atoms with Crippen LogP contribution in [0.1, 0.15) is 49.0 Å². The summed E-state index contributed by atoms with van der Waals surface area (Å²) >= 11 is 0. The van der Waals surface area contributed by atoms with Gasteiger partial charge in [0.15, 0.2) is 5.69 Å². The quantitative estimate of drug-likeness (QED) is 0.607. The summed E-state index contributed by atoms with van der Waals surface area (Å²) in [7, 11) is 0. The maximum absolute atomic E-state index is 13.8. The summed E-state index contributed by atoms with van der Waals surface area (Å²) in [4.78, 5) is 32.8. The number of hydrogen-bond donors (Lipinski definition) is 1. The van der Waals surface area contributed by atoms with Gasteiger partial charge in [-0.1, -0.05) is 6.92 Å². The van der Waals surface area contributed by atoms with E-state index in [0.717, 1.165) is 11.3 Å². The number of nitrogens with two attached hydrogens (primary N) is 1. The lowest BCUT2D eigenvalue weighted by Gasteiger charge is -2.34. The van der Waals surface area contributed by atoms with Crippen molar-refractivity contribution >= 4 is 11.8 Å². The lowest BCUT2D eigenvalue weighted by Crippen LogP contribution is -2.48. The number of rotatable bonds is 5. The van der Waals surface area contributed by atoms with Gasteiger partial charge in [-0.15, -0.1) is 0 Å². The predicted molar refractivity (Wildman–Crippen MR) is 104 cm³/mol. The number of nitrogens with zero attached hydrogens (tertiary/aromatic N) is 4. The van der Waals surface area contributed by atoms with Crippen molar-refractivity contribution in [2.75, 3.05) is 19.6 Å². The van der Waals surface area contributed by atoms with Crippen LogP contribution in [0.3, 0.4) is 0 Å². The number of carbonyl (C=O) groups excluding carboxylic acids is 2. The number of fused-ring (bicyclic) bond motifs is 1. The molecule has 0 radical (unpaired) electrons. The zero-order valence-electron chi connectivity index (χ0n) is 18.5. The van der Waals surface area contributed by atoms with Crippen LogP contribution in [0.15, 0.2) is 0 Å². The standard InChI is InChI=1S/C20H23F8N5O2/c1-10-2-3-14(34)33(7-10)8-11(29)6-15(35)32-5-4-12-13(9-32)30-17(18(21,22)20(26,27)28)31-16(12)19(23,24)25/h10-11H,2-9,29H2,1H3/t10-,11-/m1/s1. The predicted octanol–water partition coefficient (Wildman–Crippen LogP) is 3.01. The molecule has 0 bridgehead atoms. The summed E-state index contributed by atoms with van der Waals surface area (Å²) in [5, 5.41) is 0. The Balaban J connectivity index is 1.79. The topological polar surface area (TPSA) is 92.4 Å². The number of hydrogen-bond acceptors (Lipinski definition) is 5. The minimum atomic E-state index is -6.22. The number of carbonyl (C=O) groups is 2. The average molecular weight is 517 g/mol. The maximum Gasteiger partial charge on any atom is 0.461 e. The second-order valence-electron chi connectivity index (χ2n) is 8.86. The van der Waals surface area contributed by atoms with Crippen molar-refractivity contribution < 1.29 is 44.7 Å². The molecule has 2 amide bonds. The van der Waals surface area contributed by atoms with Gasteiger partial charge < -0.3 is 15.5 Å². The summed E-state index contributed by atoms with van der Waals surface area (Å²) in [6, 6.07) is -0.806. The number of alkyl halides is 8. The molecule has 0 aromatic carbocycles. The Bertz CT molecular complexity index is 981. The van der Waals surface area contributed by atoms with Gasteiger partial charge >= 0.3 is 18.3 Å². The molecule has 35 heavy (non-hydrogen) atoms. The highest BCUT2D eigenvalue weighted by Gasteiger charge is 2.62. The molecule has 1 aromatic rings. The van der Waals surface area contributed by atoms with Gasteiger partial charge in [0, 0.05) is 44.1 Å². The third-order valence-electron chi connectivity index (χ3n) is 5.95. The van der Waals surface area contributed by atoms with E-state index in [2.05, 4.69) is 9.97 Å². The fourth-order valence-corrected chi connectivity index (χ4v) is 4.12. The van der Waals surface area contributed by atoms with E-state index < -0.39 is 66.0 Å². The SMILES string of the molecule is C[C@@H]1CCC(=O)N(C[C@H](N)CC(=O)N2CCc3c(nc(C(F)(F)C(F)(F)F)nc3C(F)(F)F)C2)C1. The number of aromatic nitrogens is 2. The zero-order valence-corrected chi connectivity index (χ0v) is 18.5. The zero-order chi connectivity index (χ0) is 26.3. The maximum atomic E-state index is 13.8. The van der Waals surface area contributed by atoms with Crippen molar-refractivity contribution in [2.45, 2.75) is 63.5 Å². The average Bonchev–Trinajstić information content (AvgIpc) is 2.73. The van der Waals surface area contributed by atoms with Gasteiger partial charge in [0.05, 0.1) is 12.2 Å². The molecule has 0 aliphatic carbocycles. The largest absolute Gasteiger partial charge is 0.461 e. The van der Waals surface area contributed by atoms with Gasteiger partial charge in [-0.05, 0) is 18.8 Å². The van der Waals surface area contributed by atoms with Crippen molar-refractivity contribution in [3.05, 3.63) is 22.8 Å². The van der Waals surface area contributed by atoms with Crippen molar-refractivity contribution in [3.8, 4) is 0 Å². The molecule has 2 aliphatic heterocycles. The highest BCUT2D eigenvalue weighted by Crippen LogP contribution is 2.44. The van der Waals surface area contributed by atoms with Crippen LogP contribution in [0.4, 0.5) is 35.1 Å². The molecule has 2 atom stereocenters. The van der Waals surface area contributed by atoms with Crippen LogP contribution in [-0.2, 0) is 34.7 Å². The van der Waals surface area contributed by atoms with Crippen LogP contribution >= 0.6 is 0 Å². The second kappa shape index (κ2) is 9.47. The molecule has 0 saturated carbocycles. The first kappa shape index (κ1) is 27.0. The minimum absolute atomic E-state index is 0.0711. The molecule has 1 fully saturated rings. The fraction of sp³-hybridized carbons (Fsp3) is 0.700. The van der Waals surface area contributed by atoms with E-state index in [1.165, 1.54) is 4.90 Å². The van der Waals surface area contributed by atoms with Crippen molar-refractivity contribution in [2.24, 2.45) is 11.7 Å². The van der Waals surface area contributed by atoms with Crippen LogP contribution in [0.5, 0.6) is 0 Å². The molecule has 15 heteroatoms. The molecule has 7 nitrogen and oxygen atoms in total. The monoisotopic (exact) mass is 517 g/mol. The number of likely N-dealkylation sites (tertiary alicyclic amines) is 1. The molecule has 3 heterocycles.